The minimum atomic E-state index is -0.252. The topological polar surface area (TPSA) is 102 Å². The zero-order valence-corrected chi connectivity index (χ0v) is 20.2. The van der Waals surface area contributed by atoms with Crippen molar-refractivity contribution >= 4 is 39.9 Å². The van der Waals surface area contributed by atoms with Crippen LogP contribution < -0.4 is 10.6 Å². The van der Waals surface area contributed by atoms with Crippen LogP contribution in [0.3, 0.4) is 0 Å². The van der Waals surface area contributed by atoms with E-state index in [1.165, 1.54) is 18.3 Å². The molecule has 2 amide bonds. The molecule has 0 spiro atoms. The number of nitrogens with one attached hydrogen (secondary N) is 2. The van der Waals surface area contributed by atoms with Crippen LogP contribution in [0.15, 0.2) is 46.3 Å². The Kier molecular flexibility index (Phi) is 5.97. The SMILES string of the molecule is CC(=O)NCc1ccc(-c2csc(NC(=O)c3cnn(-c4ccc(C)c(Cl)c4)c3C3CC3)n2)o1. The van der Waals surface area contributed by atoms with Gasteiger partial charge in [-0.15, -0.1) is 11.3 Å². The monoisotopic (exact) mass is 495 g/mol. The summed E-state index contributed by atoms with van der Waals surface area (Å²) in [5, 5.41) is 13.0. The minimum absolute atomic E-state index is 0.129. The van der Waals surface area contributed by atoms with Crippen LogP contribution >= 0.6 is 22.9 Å². The Morgan fingerprint density at radius 2 is 2.09 bits per heavy atom. The molecule has 5 rings (SSSR count). The Balaban J connectivity index is 1.34. The van der Waals surface area contributed by atoms with E-state index in [0.29, 0.717) is 45.4 Å². The zero-order chi connectivity index (χ0) is 23.8. The average Bonchev–Trinajstić information content (AvgIpc) is 3.19. The summed E-state index contributed by atoms with van der Waals surface area (Å²) in [6.45, 7) is 3.71. The Morgan fingerprint density at radius 3 is 2.82 bits per heavy atom. The lowest BCUT2D eigenvalue weighted by Gasteiger charge is -2.10. The quantitative estimate of drug-likeness (QED) is 0.361. The van der Waals surface area contributed by atoms with Gasteiger partial charge in [-0.05, 0) is 49.6 Å². The molecule has 0 atom stereocenters. The molecule has 1 aliphatic carbocycles. The van der Waals surface area contributed by atoms with Crippen LogP contribution in [0.2, 0.25) is 5.02 Å². The first-order valence-electron chi connectivity index (χ1n) is 10.8. The van der Waals surface area contributed by atoms with E-state index >= 15 is 0 Å². The molecule has 0 aliphatic heterocycles. The molecular weight excluding hydrogens is 474 g/mol. The van der Waals surface area contributed by atoms with Crippen LogP contribution in [0, 0.1) is 6.92 Å². The number of carbonyl (C=O) groups excluding carboxylic acids is 2. The van der Waals surface area contributed by atoms with E-state index in [0.717, 1.165) is 29.8 Å². The number of thiazole rings is 1. The largest absolute Gasteiger partial charge is 0.458 e. The van der Waals surface area contributed by atoms with Gasteiger partial charge in [0.25, 0.3) is 5.91 Å². The van der Waals surface area contributed by atoms with E-state index < -0.39 is 0 Å². The molecule has 10 heteroatoms. The molecular formula is C24H22ClN5O3S. The first-order valence-corrected chi connectivity index (χ1v) is 12.1. The second-order valence-corrected chi connectivity index (χ2v) is 9.50. The number of aromatic nitrogens is 3. The predicted molar refractivity (Wildman–Crippen MR) is 131 cm³/mol. The van der Waals surface area contributed by atoms with E-state index in [4.69, 9.17) is 16.0 Å². The fourth-order valence-corrected chi connectivity index (χ4v) is 4.50. The van der Waals surface area contributed by atoms with Gasteiger partial charge in [0.2, 0.25) is 5.91 Å². The average molecular weight is 496 g/mol. The lowest BCUT2D eigenvalue weighted by Crippen LogP contribution is -2.18. The van der Waals surface area contributed by atoms with Gasteiger partial charge in [-0.3, -0.25) is 14.9 Å². The van der Waals surface area contributed by atoms with Crippen molar-refractivity contribution in [3.63, 3.8) is 0 Å². The summed E-state index contributed by atoms with van der Waals surface area (Å²) in [6.07, 6.45) is 3.64. The lowest BCUT2D eigenvalue weighted by molar-refractivity contribution is -0.119. The van der Waals surface area contributed by atoms with E-state index in [-0.39, 0.29) is 11.8 Å². The number of hydrogen-bond donors (Lipinski definition) is 2. The van der Waals surface area contributed by atoms with Gasteiger partial charge < -0.3 is 9.73 Å². The number of nitrogens with zero attached hydrogens (tertiary/aromatic N) is 3. The molecule has 8 nitrogen and oxygen atoms in total. The normalized spacial score (nSPS) is 13.1. The number of benzene rings is 1. The molecule has 1 saturated carbocycles. The van der Waals surface area contributed by atoms with Gasteiger partial charge in [0.15, 0.2) is 10.9 Å². The van der Waals surface area contributed by atoms with Gasteiger partial charge in [-0.25, -0.2) is 9.67 Å². The highest BCUT2D eigenvalue weighted by Gasteiger charge is 2.33. The third-order valence-electron chi connectivity index (χ3n) is 5.57. The number of aryl methyl sites for hydroxylation is 1. The Hall–Kier alpha value is -3.43. The van der Waals surface area contributed by atoms with Crippen molar-refractivity contribution in [2.75, 3.05) is 5.32 Å². The Bertz CT molecular complexity index is 1380. The molecule has 2 N–H and O–H groups in total. The van der Waals surface area contributed by atoms with Crippen LogP contribution in [0.5, 0.6) is 0 Å². The van der Waals surface area contributed by atoms with Crippen LogP contribution in [0.25, 0.3) is 17.1 Å². The highest BCUT2D eigenvalue weighted by Crippen LogP contribution is 2.43. The van der Waals surface area contributed by atoms with Crippen molar-refractivity contribution in [1.29, 1.82) is 0 Å². The highest BCUT2D eigenvalue weighted by molar-refractivity contribution is 7.14. The van der Waals surface area contributed by atoms with Crippen molar-refractivity contribution in [1.82, 2.24) is 20.1 Å². The summed E-state index contributed by atoms with van der Waals surface area (Å²) in [7, 11) is 0. The molecule has 0 saturated heterocycles. The second kappa shape index (κ2) is 9.08. The number of halogens is 1. The van der Waals surface area contributed by atoms with Gasteiger partial charge in [0.05, 0.1) is 29.7 Å². The maximum atomic E-state index is 13.1. The van der Waals surface area contributed by atoms with E-state index in [1.807, 2.05) is 35.2 Å². The molecule has 34 heavy (non-hydrogen) atoms. The first kappa shape index (κ1) is 22.4. The van der Waals surface area contributed by atoms with Gasteiger partial charge in [-0.1, -0.05) is 17.7 Å². The summed E-state index contributed by atoms with van der Waals surface area (Å²) < 4.78 is 7.55. The lowest BCUT2D eigenvalue weighted by atomic mass is 10.1. The molecule has 3 aromatic heterocycles. The Labute approximate surface area is 205 Å². The number of amides is 2. The van der Waals surface area contributed by atoms with Crippen molar-refractivity contribution in [2.24, 2.45) is 0 Å². The first-order chi connectivity index (χ1) is 16.4. The second-order valence-electron chi connectivity index (χ2n) is 8.23. The van der Waals surface area contributed by atoms with Crippen molar-refractivity contribution in [2.45, 2.75) is 39.2 Å². The zero-order valence-electron chi connectivity index (χ0n) is 18.6. The molecule has 4 aromatic rings. The summed E-state index contributed by atoms with van der Waals surface area (Å²) in [6, 6.07) is 9.35. The standard InChI is InChI=1S/C24H22ClN5O3S/c1-13-3-6-16(9-19(13)25)30-22(15-4-5-15)18(11-27-30)23(32)29-24-28-20(12-34-24)21-8-7-17(33-21)10-26-14(2)31/h3,6-9,11-12,15H,4-5,10H2,1-2H3,(H,26,31)(H,28,29,32). The van der Waals surface area contributed by atoms with E-state index in [9.17, 15) is 9.59 Å². The molecule has 0 bridgehead atoms. The van der Waals surface area contributed by atoms with Gasteiger partial charge in [0.1, 0.15) is 11.5 Å². The van der Waals surface area contributed by atoms with E-state index in [2.05, 4.69) is 20.7 Å². The number of anilines is 1. The summed E-state index contributed by atoms with van der Waals surface area (Å²) in [4.78, 5) is 28.7. The number of furan rings is 1. The maximum absolute atomic E-state index is 13.1. The predicted octanol–water partition coefficient (Wildman–Crippen LogP) is 5.32. The third kappa shape index (κ3) is 4.62. The van der Waals surface area contributed by atoms with Crippen LogP contribution in [0.1, 0.15) is 53.1 Å². The molecule has 1 aromatic carbocycles. The summed E-state index contributed by atoms with van der Waals surface area (Å²) >= 11 is 7.63. The van der Waals surface area contributed by atoms with E-state index in [1.54, 1.807) is 18.3 Å². The maximum Gasteiger partial charge on any atom is 0.260 e. The molecule has 174 valence electrons. The molecule has 0 radical (unpaired) electrons. The van der Waals surface area contributed by atoms with Gasteiger partial charge >= 0.3 is 0 Å². The van der Waals surface area contributed by atoms with Crippen molar-refractivity contribution < 1.29 is 14.0 Å². The minimum Gasteiger partial charge on any atom is -0.458 e. The van der Waals surface area contributed by atoms with Gasteiger partial charge in [-0.2, -0.15) is 5.10 Å². The molecule has 0 unspecified atom stereocenters. The van der Waals surface area contributed by atoms with Crippen molar-refractivity contribution in [3.05, 3.63) is 69.5 Å². The van der Waals surface area contributed by atoms with Gasteiger partial charge in [0, 0.05) is 23.2 Å². The molecule has 3 heterocycles. The fraction of sp³-hybridized carbons (Fsp3) is 0.250. The number of hydrogen-bond acceptors (Lipinski definition) is 6. The summed E-state index contributed by atoms with van der Waals surface area (Å²) in [5.41, 5.74) is 3.86. The molecule has 1 aliphatic rings. The third-order valence-corrected chi connectivity index (χ3v) is 6.73. The fourth-order valence-electron chi connectivity index (χ4n) is 3.63. The smallest absolute Gasteiger partial charge is 0.260 e. The van der Waals surface area contributed by atoms with Crippen molar-refractivity contribution in [3.8, 4) is 17.1 Å². The Morgan fingerprint density at radius 1 is 1.26 bits per heavy atom. The summed E-state index contributed by atoms with van der Waals surface area (Å²) in [5.74, 6) is 1.11. The number of carbonyl (C=O) groups is 2. The van der Waals surface area contributed by atoms with Crippen LogP contribution in [-0.4, -0.2) is 26.6 Å². The van der Waals surface area contributed by atoms with Crippen LogP contribution in [0.4, 0.5) is 5.13 Å². The molecule has 1 fully saturated rings. The highest BCUT2D eigenvalue weighted by atomic mass is 35.5. The number of rotatable bonds is 7. The van der Waals surface area contributed by atoms with Crippen LogP contribution in [-0.2, 0) is 11.3 Å².